The topological polar surface area (TPSA) is 75.7 Å². The molecule has 0 aliphatic carbocycles. The van der Waals surface area contributed by atoms with E-state index in [9.17, 15) is 13.2 Å². The van der Waals surface area contributed by atoms with E-state index in [4.69, 9.17) is 0 Å². The lowest BCUT2D eigenvalue weighted by Crippen LogP contribution is -2.33. The van der Waals surface area contributed by atoms with Gasteiger partial charge in [-0.05, 0) is 24.3 Å². The first-order valence-corrected chi connectivity index (χ1v) is 8.56. The van der Waals surface area contributed by atoms with Crippen LogP contribution >= 0.6 is 11.3 Å². The molecule has 0 atom stereocenters. The molecule has 0 saturated heterocycles. The van der Waals surface area contributed by atoms with E-state index in [-0.39, 0.29) is 4.88 Å². The molecule has 0 unspecified atom stereocenters. The van der Waals surface area contributed by atoms with Gasteiger partial charge in [0, 0.05) is 13.6 Å². The highest BCUT2D eigenvalue weighted by Gasteiger charge is 2.23. The highest BCUT2D eigenvalue weighted by molar-refractivity contribution is 7.90. The molecule has 0 radical (unpaired) electrons. The highest BCUT2D eigenvalue weighted by Crippen LogP contribution is 2.29. The van der Waals surface area contributed by atoms with Crippen molar-refractivity contribution in [2.75, 3.05) is 25.4 Å². The van der Waals surface area contributed by atoms with Crippen LogP contribution in [-0.2, 0) is 14.9 Å². The van der Waals surface area contributed by atoms with Gasteiger partial charge in [0.1, 0.15) is 4.88 Å². The van der Waals surface area contributed by atoms with Gasteiger partial charge in [-0.3, -0.25) is 4.72 Å². The predicted octanol–water partition coefficient (Wildman–Crippen LogP) is 2.23. The zero-order chi connectivity index (χ0) is 15.3. The Bertz CT molecular complexity index is 566. The summed E-state index contributed by atoms with van der Waals surface area (Å²) in [5, 5.41) is 1.72. The van der Waals surface area contributed by atoms with Crippen molar-refractivity contribution in [2.45, 2.75) is 26.7 Å². The minimum Gasteiger partial charge on any atom is -0.465 e. The molecule has 0 fully saturated rings. The number of rotatable bonds is 7. The number of thiophene rings is 1. The first-order valence-electron chi connectivity index (χ1n) is 6.24. The number of anilines is 1. The van der Waals surface area contributed by atoms with Gasteiger partial charge in [0.15, 0.2) is 0 Å². The minimum atomic E-state index is -3.66. The Labute approximate surface area is 123 Å². The Hall–Kier alpha value is -1.12. The van der Waals surface area contributed by atoms with Crippen molar-refractivity contribution in [1.29, 1.82) is 0 Å². The van der Waals surface area contributed by atoms with Crippen molar-refractivity contribution in [3.05, 3.63) is 15.8 Å². The second kappa shape index (κ2) is 7.05. The quantitative estimate of drug-likeness (QED) is 0.782. The summed E-state index contributed by atoms with van der Waals surface area (Å²) in [5.74, 6) is -0.544. The Morgan fingerprint density at radius 3 is 2.70 bits per heavy atom. The summed E-state index contributed by atoms with van der Waals surface area (Å²) in [7, 11) is -0.882. The molecule has 6 nitrogen and oxygen atoms in total. The van der Waals surface area contributed by atoms with Gasteiger partial charge in [-0.25, -0.2) is 4.79 Å². The summed E-state index contributed by atoms with van der Waals surface area (Å²) in [6.07, 6.45) is 1.69. The molecule has 1 N–H and O–H groups in total. The first kappa shape index (κ1) is 16.9. The second-order valence-corrected chi connectivity index (χ2v) is 7.05. The molecule has 0 saturated carbocycles. The van der Waals surface area contributed by atoms with Gasteiger partial charge in [-0.15, -0.1) is 11.3 Å². The van der Waals surface area contributed by atoms with Crippen LogP contribution in [-0.4, -0.2) is 39.4 Å². The molecule has 0 bridgehead atoms. The Kier molecular flexibility index (Phi) is 5.97. The van der Waals surface area contributed by atoms with Crippen molar-refractivity contribution < 1.29 is 17.9 Å². The van der Waals surface area contributed by atoms with E-state index in [2.05, 4.69) is 9.46 Å². The fraction of sp³-hybridized carbons (Fsp3) is 0.583. The van der Waals surface area contributed by atoms with Crippen LogP contribution < -0.4 is 4.72 Å². The number of esters is 1. The molecule has 0 aliphatic rings. The van der Waals surface area contributed by atoms with Crippen LogP contribution in [0.25, 0.3) is 0 Å². The van der Waals surface area contributed by atoms with E-state index in [1.165, 1.54) is 18.5 Å². The van der Waals surface area contributed by atoms with Crippen molar-refractivity contribution in [2.24, 2.45) is 0 Å². The SMILES string of the molecule is CCCCN(C)S(=O)(=O)Nc1c(C)csc1C(=O)OC. The van der Waals surface area contributed by atoms with Crippen molar-refractivity contribution in [3.63, 3.8) is 0 Å². The maximum absolute atomic E-state index is 12.2. The molecule has 1 rings (SSSR count). The molecule has 0 spiro atoms. The Balaban J connectivity index is 2.98. The maximum atomic E-state index is 12.2. The van der Waals surface area contributed by atoms with Crippen LogP contribution in [0.3, 0.4) is 0 Å². The van der Waals surface area contributed by atoms with E-state index < -0.39 is 16.2 Å². The molecule has 1 heterocycles. The monoisotopic (exact) mass is 320 g/mol. The van der Waals surface area contributed by atoms with Crippen LogP contribution in [0.1, 0.15) is 35.0 Å². The highest BCUT2D eigenvalue weighted by atomic mass is 32.2. The summed E-state index contributed by atoms with van der Waals surface area (Å²) in [6.45, 7) is 4.17. The third-order valence-electron chi connectivity index (χ3n) is 2.81. The molecule has 1 aromatic heterocycles. The second-order valence-electron chi connectivity index (χ2n) is 4.40. The van der Waals surface area contributed by atoms with Crippen LogP contribution in [0.2, 0.25) is 0 Å². The van der Waals surface area contributed by atoms with Gasteiger partial charge in [0.25, 0.3) is 0 Å². The van der Waals surface area contributed by atoms with E-state index >= 15 is 0 Å². The average Bonchev–Trinajstić information content (AvgIpc) is 2.76. The van der Waals surface area contributed by atoms with Crippen molar-refractivity contribution in [1.82, 2.24) is 4.31 Å². The third kappa shape index (κ3) is 3.94. The molecular weight excluding hydrogens is 300 g/mol. The van der Waals surface area contributed by atoms with E-state index in [0.717, 1.165) is 24.2 Å². The van der Waals surface area contributed by atoms with E-state index in [1.54, 1.807) is 12.3 Å². The number of nitrogens with one attached hydrogen (secondary N) is 1. The van der Waals surface area contributed by atoms with Crippen LogP contribution in [0.5, 0.6) is 0 Å². The maximum Gasteiger partial charge on any atom is 0.350 e. The molecule has 20 heavy (non-hydrogen) atoms. The van der Waals surface area contributed by atoms with Crippen molar-refractivity contribution in [3.8, 4) is 0 Å². The lowest BCUT2D eigenvalue weighted by molar-refractivity contribution is 0.0607. The number of hydrogen-bond acceptors (Lipinski definition) is 5. The predicted molar refractivity (Wildman–Crippen MR) is 80.5 cm³/mol. The third-order valence-corrected chi connectivity index (χ3v) is 5.36. The summed E-state index contributed by atoms with van der Waals surface area (Å²) in [6, 6.07) is 0. The number of ether oxygens (including phenoxy) is 1. The number of hydrogen-bond donors (Lipinski definition) is 1. The lowest BCUT2D eigenvalue weighted by Gasteiger charge is -2.18. The van der Waals surface area contributed by atoms with Gasteiger partial charge in [-0.2, -0.15) is 12.7 Å². The molecule has 8 heteroatoms. The molecule has 114 valence electrons. The average molecular weight is 320 g/mol. The number of carbonyl (C=O) groups excluding carboxylic acids is 1. The smallest absolute Gasteiger partial charge is 0.350 e. The zero-order valence-corrected chi connectivity index (χ0v) is 13.7. The number of aryl methyl sites for hydroxylation is 1. The fourth-order valence-electron chi connectivity index (χ4n) is 1.52. The van der Waals surface area contributed by atoms with E-state index in [1.807, 2.05) is 6.92 Å². The largest absolute Gasteiger partial charge is 0.465 e. The fourth-order valence-corrected chi connectivity index (χ4v) is 3.55. The number of nitrogens with zero attached hydrogens (tertiary/aromatic N) is 1. The Morgan fingerprint density at radius 1 is 1.50 bits per heavy atom. The van der Waals surface area contributed by atoms with Gasteiger partial charge in [0.2, 0.25) is 0 Å². The minimum absolute atomic E-state index is 0.262. The Morgan fingerprint density at radius 2 is 2.15 bits per heavy atom. The molecule has 1 aromatic rings. The molecular formula is C12H20N2O4S2. The van der Waals surface area contributed by atoms with E-state index in [0.29, 0.717) is 17.8 Å². The first-order chi connectivity index (χ1) is 9.33. The zero-order valence-electron chi connectivity index (χ0n) is 12.1. The number of unbranched alkanes of at least 4 members (excludes halogenated alkanes) is 1. The molecule has 0 aliphatic heterocycles. The number of methoxy groups -OCH3 is 1. The summed E-state index contributed by atoms with van der Waals surface area (Å²) >= 11 is 1.16. The summed E-state index contributed by atoms with van der Waals surface area (Å²) in [4.78, 5) is 11.9. The van der Waals surface area contributed by atoms with Crippen LogP contribution in [0.15, 0.2) is 5.38 Å². The molecule has 0 amide bonds. The van der Waals surface area contributed by atoms with Crippen molar-refractivity contribution >= 4 is 33.2 Å². The van der Waals surface area contributed by atoms with Gasteiger partial charge in [0.05, 0.1) is 12.8 Å². The summed E-state index contributed by atoms with van der Waals surface area (Å²) in [5.41, 5.74) is 0.994. The lowest BCUT2D eigenvalue weighted by atomic mass is 10.3. The van der Waals surface area contributed by atoms with Gasteiger partial charge >= 0.3 is 16.2 Å². The molecule has 0 aromatic carbocycles. The van der Waals surface area contributed by atoms with Gasteiger partial charge in [-0.1, -0.05) is 13.3 Å². The van der Waals surface area contributed by atoms with Crippen LogP contribution in [0.4, 0.5) is 5.69 Å². The normalized spacial score (nSPS) is 11.7. The number of carbonyl (C=O) groups is 1. The van der Waals surface area contributed by atoms with Gasteiger partial charge < -0.3 is 4.74 Å². The van der Waals surface area contributed by atoms with Crippen LogP contribution in [0, 0.1) is 6.92 Å². The standard InChI is InChI=1S/C12H20N2O4S2/c1-5-6-7-14(3)20(16,17)13-10-9(2)8-19-11(10)12(15)18-4/h8,13H,5-7H2,1-4H3. The summed E-state index contributed by atoms with van der Waals surface area (Å²) < 4.78 is 32.7.